The van der Waals surface area contributed by atoms with E-state index in [1.54, 1.807) is 0 Å². The molecule has 0 unspecified atom stereocenters. The van der Waals surface area contributed by atoms with Crippen LogP contribution >= 0.6 is 0 Å². The second kappa shape index (κ2) is 4.24. The van der Waals surface area contributed by atoms with Gasteiger partial charge in [-0.3, -0.25) is 0 Å². The molecule has 1 heteroatoms. The lowest BCUT2D eigenvalue weighted by atomic mass is 10.0. The number of nitrogens with zero attached hydrogens (tertiary/aromatic N) is 1. The first-order chi connectivity index (χ1) is 8.88. The third kappa shape index (κ3) is 1.69. The van der Waals surface area contributed by atoms with Crippen LogP contribution in [-0.2, 0) is 0 Å². The predicted octanol–water partition coefficient (Wildman–Crippen LogP) is 3.87. The molecule has 0 saturated carbocycles. The minimum Gasteiger partial charge on any atom is -0.183 e. The van der Waals surface area contributed by atoms with E-state index in [1.165, 1.54) is 16.2 Å². The first-order valence-electron chi connectivity index (χ1n) is 5.70. The highest BCUT2D eigenvalue weighted by Crippen LogP contribution is 2.25. The lowest BCUT2D eigenvalue weighted by Crippen LogP contribution is -1.79. The molecule has 0 aliphatic rings. The number of fused-ring (bicyclic) bond motifs is 3. The Morgan fingerprint density at radius 3 is 2.44 bits per heavy atom. The van der Waals surface area contributed by atoms with E-state index in [0.29, 0.717) is 0 Å². The smallest absolute Gasteiger partial charge is 0.152 e. The van der Waals surface area contributed by atoms with Crippen LogP contribution in [0.3, 0.4) is 0 Å². The van der Waals surface area contributed by atoms with Gasteiger partial charge in [-0.15, -0.1) is 0 Å². The minimum atomic E-state index is 0.874. The van der Waals surface area contributed by atoms with E-state index in [2.05, 4.69) is 42.2 Å². The summed E-state index contributed by atoms with van der Waals surface area (Å²) in [7, 11) is 0. The Morgan fingerprint density at radius 2 is 1.56 bits per heavy atom. The molecule has 0 saturated heterocycles. The van der Waals surface area contributed by atoms with Crippen molar-refractivity contribution in [3.8, 4) is 17.9 Å². The van der Waals surface area contributed by atoms with Crippen LogP contribution < -0.4 is 0 Å². The number of hydrogen-bond donors (Lipinski definition) is 0. The number of benzene rings is 3. The molecule has 82 valence electrons. The maximum Gasteiger partial charge on any atom is 0.152 e. The van der Waals surface area contributed by atoms with Gasteiger partial charge in [0.1, 0.15) is 0 Å². The SMILES string of the molecule is N#CC#Cc1ccc2c(ccc3ccccc32)c1. The second-order valence-corrected chi connectivity index (χ2v) is 4.08. The van der Waals surface area contributed by atoms with Crippen LogP contribution in [0.5, 0.6) is 0 Å². The second-order valence-electron chi connectivity index (χ2n) is 4.08. The lowest BCUT2D eigenvalue weighted by Gasteiger charge is -2.03. The third-order valence-corrected chi connectivity index (χ3v) is 3.01. The zero-order chi connectivity index (χ0) is 12.4. The Morgan fingerprint density at radius 1 is 0.778 bits per heavy atom. The molecule has 0 bridgehead atoms. The molecule has 0 fully saturated rings. The van der Waals surface area contributed by atoms with Crippen LogP contribution in [0, 0.1) is 23.2 Å². The van der Waals surface area contributed by atoms with Crippen molar-refractivity contribution in [2.75, 3.05) is 0 Å². The molecular weight excluding hydrogens is 218 g/mol. The van der Waals surface area contributed by atoms with E-state index in [9.17, 15) is 0 Å². The molecule has 3 aromatic rings. The molecule has 0 aliphatic heterocycles. The monoisotopic (exact) mass is 227 g/mol. The largest absolute Gasteiger partial charge is 0.183 e. The van der Waals surface area contributed by atoms with Gasteiger partial charge < -0.3 is 0 Å². The number of rotatable bonds is 0. The van der Waals surface area contributed by atoms with Crippen LogP contribution in [0.15, 0.2) is 54.6 Å². The van der Waals surface area contributed by atoms with Crippen molar-refractivity contribution >= 4 is 21.5 Å². The normalized spacial score (nSPS) is 9.72. The summed E-state index contributed by atoms with van der Waals surface area (Å²) in [6.45, 7) is 0. The zero-order valence-electron chi connectivity index (χ0n) is 9.64. The number of nitriles is 1. The van der Waals surface area contributed by atoms with Gasteiger partial charge in [0.05, 0.1) is 0 Å². The Kier molecular flexibility index (Phi) is 2.45. The standard InChI is InChI=1S/C17H9N/c18-11-3-4-13-7-10-17-15(12-13)9-8-14-5-1-2-6-16(14)17/h1-2,5-10,12H. The van der Waals surface area contributed by atoms with E-state index in [1.807, 2.05) is 30.3 Å². The molecular formula is C17H9N. The highest BCUT2D eigenvalue weighted by molar-refractivity contribution is 6.07. The summed E-state index contributed by atoms with van der Waals surface area (Å²) in [4.78, 5) is 0. The highest BCUT2D eigenvalue weighted by Gasteiger charge is 2.00. The van der Waals surface area contributed by atoms with E-state index < -0.39 is 0 Å². The molecule has 0 heterocycles. The van der Waals surface area contributed by atoms with E-state index in [4.69, 9.17) is 5.26 Å². The van der Waals surface area contributed by atoms with Crippen molar-refractivity contribution in [1.29, 1.82) is 5.26 Å². The van der Waals surface area contributed by atoms with Gasteiger partial charge in [0, 0.05) is 11.5 Å². The highest BCUT2D eigenvalue weighted by atomic mass is 14.2. The maximum atomic E-state index is 8.46. The Labute approximate surface area is 105 Å². The quantitative estimate of drug-likeness (QED) is 0.422. The van der Waals surface area contributed by atoms with Gasteiger partial charge >= 0.3 is 0 Å². The van der Waals surface area contributed by atoms with E-state index in [0.717, 1.165) is 10.9 Å². The summed E-state index contributed by atoms with van der Waals surface area (Å²) in [6, 6.07) is 20.4. The summed E-state index contributed by atoms with van der Waals surface area (Å²) in [5.74, 6) is 5.25. The summed E-state index contributed by atoms with van der Waals surface area (Å²) < 4.78 is 0. The van der Waals surface area contributed by atoms with Crippen molar-refractivity contribution in [2.45, 2.75) is 0 Å². The average Bonchev–Trinajstić information content (AvgIpc) is 2.44. The molecule has 18 heavy (non-hydrogen) atoms. The molecule has 0 aliphatic carbocycles. The molecule has 0 aromatic heterocycles. The summed E-state index contributed by atoms with van der Waals surface area (Å²) in [5, 5.41) is 13.3. The van der Waals surface area contributed by atoms with E-state index in [-0.39, 0.29) is 0 Å². The fourth-order valence-corrected chi connectivity index (χ4v) is 2.19. The molecule has 0 radical (unpaired) electrons. The molecule has 3 rings (SSSR count). The first kappa shape index (κ1) is 10.4. The molecule has 3 aromatic carbocycles. The molecule has 0 N–H and O–H groups in total. The van der Waals surface area contributed by atoms with Crippen molar-refractivity contribution in [2.24, 2.45) is 0 Å². The summed E-state index contributed by atoms with van der Waals surface area (Å²) in [5.41, 5.74) is 0.874. The number of hydrogen-bond acceptors (Lipinski definition) is 1. The van der Waals surface area contributed by atoms with Crippen LogP contribution in [0.25, 0.3) is 21.5 Å². The molecule has 0 amide bonds. The zero-order valence-corrected chi connectivity index (χ0v) is 9.64. The average molecular weight is 227 g/mol. The molecule has 0 spiro atoms. The lowest BCUT2D eigenvalue weighted by molar-refractivity contribution is 1.55. The maximum absolute atomic E-state index is 8.46. The first-order valence-corrected chi connectivity index (χ1v) is 5.70. The minimum absolute atomic E-state index is 0.874. The molecule has 1 nitrogen and oxygen atoms in total. The Bertz CT molecular complexity index is 842. The van der Waals surface area contributed by atoms with Crippen LogP contribution in [-0.4, -0.2) is 0 Å². The topological polar surface area (TPSA) is 23.8 Å². The van der Waals surface area contributed by atoms with Gasteiger partial charge in [0.2, 0.25) is 0 Å². The molecule has 0 atom stereocenters. The van der Waals surface area contributed by atoms with Gasteiger partial charge in [0.15, 0.2) is 6.07 Å². The van der Waals surface area contributed by atoms with Gasteiger partial charge in [-0.1, -0.05) is 48.4 Å². The Balaban J connectivity index is 2.32. The van der Waals surface area contributed by atoms with Gasteiger partial charge in [-0.25, -0.2) is 0 Å². The van der Waals surface area contributed by atoms with Crippen molar-refractivity contribution in [3.63, 3.8) is 0 Å². The van der Waals surface area contributed by atoms with Crippen molar-refractivity contribution in [1.82, 2.24) is 0 Å². The third-order valence-electron chi connectivity index (χ3n) is 3.01. The fraction of sp³-hybridized carbons (Fsp3) is 0. The summed E-state index contributed by atoms with van der Waals surface area (Å²) in [6.07, 6.45) is 0. The van der Waals surface area contributed by atoms with Gasteiger partial charge in [-0.05, 0) is 33.7 Å². The van der Waals surface area contributed by atoms with Crippen LogP contribution in [0.2, 0.25) is 0 Å². The van der Waals surface area contributed by atoms with Gasteiger partial charge in [-0.2, -0.15) is 5.26 Å². The summed E-state index contributed by atoms with van der Waals surface area (Å²) >= 11 is 0. The van der Waals surface area contributed by atoms with Crippen molar-refractivity contribution < 1.29 is 0 Å². The van der Waals surface area contributed by atoms with E-state index >= 15 is 0 Å². The van der Waals surface area contributed by atoms with Crippen molar-refractivity contribution in [3.05, 3.63) is 60.2 Å². The predicted molar refractivity (Wildman–Crippen MR) is 73.9 cm³/mol. The van der Waals surface area contributed by atoms with Gasteiger partial charge in [0.25, 0.3) is 0 Å². The van der Waals surface area contributed by atoms with Crippen LogP contribution in [0.4, 0.5) is 0 Å². The fourth-order valence-electron chi connectivity index (χ4n) is 2.19. The van der Waals surface area contributed by atoms with Crippen LogP contribution in [0.1, 0.15) is 5.56 Å². The Hall–Kier alpha value is -2.77.